The Hall–Kier alpha value is -1.75. The molecule has 15 heavy (non-hydrogen) atoms. The molecule has 0 aliphatic rings. The van der Waals surface area contributed by atoms with Gasteiger partial charge in [0.25, 0.3) is 5.91 Å². The summed E-state index contributed by atoms with van der Waals surface area (Å²) in [6, 6.07) is 4.99. The highest BCUT2D eigenvalue weighted by Gasteiger charge is 2.07. The average molecular weight is 209 g/mol. The first-order chi connectivity index (χ1) is 7.19. The minimum absolute atomic E-state index is 0.284. The molecule has 0 spiro atoms. The van der Waals surface area contributed by atoms with Gasteiger partial charge in [-0.3, -0.25) is 9.63 Å². The van der Waals surface area contributed by atoms with Crippen molar-refractivity contribution >= 4 is 17.3 Å². The monoisotopic (exact) mass is 209 g/mol. The predicted molar refractivity (Wildman–Crippen MR) is 59.5 cm³/mol. The van der Waals surface area contributed by atoms with Crippen LogP contribution in [-0.4, -0.2) is 19.6 Å². The molecule has 0 saturated carbocycles. The Kier molecular flexibility index (Phi) is 3.93. The maximum atomic E-state index is 11.5. The van der Waals surface area contributed by atoms with Gasteiger partial charge in [0.1, 0.15) is 0 Å². The molecule has 0 fully saturated rings. The number of anilines is 2. The molecule has 1 aromatic rings. The molecule has 4 N–H and O–H groups in total. The number of carbonyl (C=O) groups is 1. The molecule has 0 aliphatic carbocycles. The van der Waals surface area contributed by atoms with Crippen LogP contribution in [-0.2, 0) is 4.84 Å². The van der Waals surface area contributed by atoms with Gasteiger partial charge in [0.2, 0.25) is 0 Å². The fraction of sp³-hybridized carbons (Fsp3) is 0.300. The van der Waals surface area contributed by atoms with Gasteiger partial charge >= 0.3 is 0 Å². The van der Waals surface area contributed by atoms with Crippen LogP contribution >= 0.6 is 0 Å². The van der Waals surface area contributed by atoms with Gasteiger partial charge in [-0.15, -0.1) is 0 Å². The minimum Gasteiger partial charge on any atom is -0.397 e. The van der Waals surface area contributed by atoms with E-state index in [4.69, 9.17) is 10.6 Å². The SMILES string of the molecule is CCONC(=O)c1ccc(N)c(NC)c1. The van der Waals surface area contributed by atoms with Crippen LogP contribution in [0, 0.1) is 0 Å². The number of nitrogen functional groups attached to an aromatic ring is 1. The van der Waals surface area contributed by atoms with Crippen molar-refractivity contribution in [3.8, 4) is 0 Å². The van der Waals surface area contributed by atoms with E-state index in [0.29, 0.717) is 17.9 Å². The molecule has 0 heterocycles. The van der Waals surface area contributed by atoms with E-state index in [1.165, 1.54) is 0 Å². The molecule has 0 aliphatic heterocycles. The number of hydroxylamine groups is 1. The van der Waals surface area contributed by atoms with E-state index in [2.05, 4.69) is 10.8 Å². The standard InChI is InChI=1S/C10H15N3O2/c1-3-15-13-10(14)7-4-5-8(11)9(6-7)12-2/h4-6,12H,3,11H2,1-2H3,(H,13,14). The van der Waals surface area contributed by atoms with Crippen LogP contribution in [0.15, 0.2) is 18.2 Å². The molecule has 0 bridgehead atoms. The molecule has 1 amide bonds. The van der Waals surface area contributed by atoms with Gasteiger partial charge in [0.05, 0.1) is 18.0 Å². The first-order valence-corrected chi connectivity index (χ1v) is 4.68. The fourth-order valence-corrected chi connectivity index (χ4v) is 1.11. The lowest BCUT2D eigenvalue weighted by atomic mass is 10.1. The molecule has 0 aromatic heterocycles. The van der Waals surface area contributed by atoms with E-state index in [1.807, 2.05) is 0 Å². The smallest absolute Gasteiger partial charge is 0.274 e. The van der Waals surface area contributed by atoms with E-state index in [0.717, 1.165) is 5.69 Å². The Morgan fingerprint density at radius 2 is 2.27 bits per heavy atom. The highest BCUT2D eigenvalue weighted by atomic mass is 16.6. The summed E-state index contributed by atoms with van der Waals surface area (Å²) in [7, 11) is 1.75. The van der Waals surface area contributed by atoms with Gasteiger partial charge in [0, 0.05) is 12.6 Å². The average Bonchev–Trinajstić information content (AvgIpc) is 2.26. The van der Waals surface area contributed by atoms with Crippen molar-refractivity contribution in [3.63, 3.8) is 0 Å². The third kappa shape index (κ3) is 2.85. The quantitative estimate of drug-likeness (QED) is 0.510. The molecule has 5 nitrogen and oxygen atoms in total. The van der Waals surface area contributed by atoms with Crippen LogP contribution in [0.1, 0.15) is 17.3 Å². The topological polar surface area (TPSA) is 76.4 Å². The fourth-order valence-electron chi connectivity index (χ4n) is 1.11. The van der Waals surface area contributed by atoms with Crippen molar-refractivity contribution in [1.29, 1.82) is 0 Å². The number of nitrogens with two attached hydrogens (primary N) is 1. The van der Waals surface area contributed by atoms with E-state index in [9.17, 15) is 4.79 Å². The van der Waals surface area contributed by atoms with Crippen molar-refractivity contribution in [3.05, 3.63) is 23.8 Å². The van der Waals surface area contributed by atoms with Gasteiger partial charge in [-0.25, -0.2) is 5.48 Å². The Balaban J connectivity index is 2.81. The highest BCUT2D eigenvalue weighted by Crippen LogP contribution is 2.18. The Labute approximate surface area is 88.6 Å². The summed E-state index contributed by atoms with van der Waals surface area (Å²) in [5.74, 6) is -0.284. The molecule has 1 aromatic carbocycles. The lowest BCUT2D eigenvalue weighted by molar-refractivity contribution is 0.0364. The third-order valence-electron chi connectivity index (χ3n) is 1.89. The summed E-state index contributed by atoms with van der Waals surface area (Å²) in [6.45, 7) is 2.22. The molecule has 0 saturated heterocycles. The zero-order valence-electron chi connectivity index (χ0n) is 8.83. The van der Waals surface area contributed by atoms with Crippen molar-refractivity contribution in [2.75, 3.05) is 24.7 Å². The molecule has 0 unspecified atom stereocenters. The van der Waals surface area contributed by atoms with Crippen LogP contribution in [0.2, 0.25) is 0 Å². The summed E-state index contributed by atoms with van der Waals surface area (Å²) < 4.78 is 0. The zero-order valence-corrected chi connectivity index (χ0v) is 8.83. The Bertz CT molecular complexity index is 353. The van der Waals surface area contributed by atoms with Crippen LogP contribution < -0.4 is 16.5 Å². The summed E-state index contributed by atoms with van der Waals surface area (Å²) in [5.41, 5.74) is 9.81. The number of benzene rings is 1. The van der Waals surface area contributed by atoms with E-state index in [-0.39, 0.29) is 5.91 Å². The largest absolute Gasteiger partial charge is 0.397 e. The van der Waals surface area contributed by atoms with Gasteiger partial charge in [-0.05, 0) is 25.1 Å². The number of carbonyl (C=O) groups excluding carboxylic acids is 1. The predicted octanol–water partition coefficient (Wildman–Crippen LogP) is 0.992. The lowest BCUT2D eigenvalue weighted by Crippen LogP contribution is -2.23. The minimum atomic E-state index is -0.284. The normalized spacial score (nSPS) is 9.73. The van der Waals surface area contributed by atoms with Gasteiger partial charge in [0.15, 0.2) is 0 Å². The van der Waals surface area contributed by atoms with Crippen molar-refractivity contribution in [2.24, 2.45) is 0 Å². The van der Waals surface area contributed by atoms with Crippen LogP contribution in [0.3, 0.4) is 0 Å². The number of hydrogen-bond acceptors (Lipinski definition) is 4. The Morgan fingerprint density at radius 3 is 2.87 bits per heavy atom. The number of nitrogens with one attached hydrogen (secondary N) is 2. The van der Waals surface area contributed by atoms with Crippen LogP contribution in [0.5, 0.6) is 0 Å². The second-order valence-corrected chi connectivity index (χ2v) is 2.92. The van der Waals surface area contributed by atoms with Gasteiger partial charge < -0.3 is 11.1 Å². The molecular weight excluding hydrogens is 194 g/mol. The Morgan fingerprint density at radius 1 is 1.53 bits per heavy atom. The molecule has 82 valence electrons. The van der Waals surface area contributed by atoms with Crippen molar-refractivity contribution < 1.29 is 9.63 Å². The molecule has 5 heteroatoms. The molecule has 0 radical (unpaired) electrons. The van der Waals surface area contributed by atoms with Crippen LogP contribution in [0.4, 0.5) is 11.4 Å². The third-order valence-corrected chi connectivity index (χ3v) is 1.89. The molecule has 1 rings (SSSR count). The van der Waals surface area contributed by atoms with E-state index in [1.54, 1.807) is 32.2 Å². The lowest BCUT2D eigenvalue weighted by Gasteiger charge is -2.08. The second-order valence-electron chi connectivity index (χ2n) is 2.92. The first-order valence-electron chi connectivity index (χ1n) is 4.68. The van der Waals surface area contributed by atoms with Crippen LogP contribution in [0.25, 0.3) is 0 Å². The summed E-state index contributed by atoms with van der Waals surface area (Å²) >= 11 is 0. The van der Waals surface area contributed by atoms with E-state index >= 15 is 0 Å². The number of hydrogen-bond donors (Lipinski definition) is 3. The summed E-state index contributed by atoms with van der Waals surface area (Å²) in [4.78, 5) is 16.3. The number of amides is 1. The van der Waals surface area contributed by atoms with Crippen molar-refractivity contribution in [2.45, 2.75) is 6.92 Å². The summed E-state index contributed by atoms with van der Waals surface area (Å²) in [5, 5.41) is 2.90. The second kappa shape index (κ2) is 5.21. The highest BCUT2D eigenvalue weighted by molar-refractivity contribution is 5.95. The van der Waals surface area contributed by atoms with Gasteiger partial charge in [-0.2, -0.15) is 0 Å². The van der Waals surface area contributed by atoms with E-state index < -0.39 is 0 Å². The first kappa shape index (κ1) is 11.3. The number of rotatable bonds is 4. The molecule has 0 atom stereocenters. The maximum Gasteiger partial charge on any atom is 0.274 e. The zero-order chi connectivity index (χ0) is 11.3. The summed E-state index contributed by atoms with van der Waals surface area (Å²) in [6.07, 6.45) is 0. The van der Waals surface area contributed by atoms with Crippen molar-refractivity contribution in [1.82, 2.24) is 5.48 Å². The maximum absolute atomic E-state index is 11.5. The molecular formula is C10H15N3O2. The van der Waals surface area contributed by atoms with Gasteiger partial charge in [-0.1, -0.05) is 0 Å².